The first-order valence-electron chi connectivity index (χ1n) is 7.64. The van der Waals surface area contributed by atoms with Crippen LogP contribution in [-0.4, -0.2) is 30.6 Å². The van der Waals surface area contributed by atoms with Gasteiger partial charge < -0.3 is 5.32 Å². The van der Waals surface area contributed by atoms with Crippen LogP contribution in [0.2, 0.25) is 0 Å². The van der Waals surface area contributed by atoms with Crippen LogP contribution < -0.4 is 5.32 Å². The summed E-state index contributed by atoms with van der Waals surface area (Å²) in [5.41, 5.74) is -0.0886. The van der Waals surface area contributed by atoms with Crippen LogP contribution in [0.25, 0.3) is 0 Å². The molecule has 1 heterocycles. The number of halogens is 3. The van der Waals surface area contributed by atoms with E-state index in [1.54, 1.807) is 12.1 Å². The first kappa shape index (κ1) is 14.9. The number of rotatable bonds is 5. The molecule has 1 atom stereocenters. The van der Waals surface area contributed by atoms with E-state index in [0.29, 0.717) is 24.1 Å². The Kier molecular flexibility index (Phi) is 4.22. The minimum Gasteiger partial charge on any atom is -0.315 e. The molecule has 3 rings (SSSR count). The SMILES string of the molecule is FC(F)(F)c1ccccc1CN(CC1CC1)C1CCNC1. The first-order chi connectivity index (χ1) is 10.0. The highest BCUT2D eigenvalue weighted by atomic mass is 19.4. The van der Waals surface area contributed by atoms with Crippen molar-refractivity contribution in [2.45, 2.75) is 38.0 Å². The third-order valence-electron chi connectivity index (χ3n) is 4.44. The van der Waals surface area contributed by atoms with Gasteiger partial charge in [0, 0.05) is 25.7 Å². The molecule has 0 spiro atoms. The third kappa shape index (κ3) is 3.77. The molecule has 2 fully saturated rings. The number of hydrogen-bond acceptors (Lipinski definition) is 2. The summed E-state index contributed by atoms with van der Waals surface area (Å²) in [6, 6.07) is 6.34. The predicted octanol–water partition coefficient (Wildman–Crippen LogP) is 3.28. The summed E-state index contributed by atoms with van der Waals surface area (Å²) in [4.78, 5) is 2.25. The highest BCUT2D eigenvalue weighted by molar-refractivity contribution is 5.29. The van der Waals surface area contributed by atoms with Crippen molar-refractivity contribution >= 4 is 0 Å². The lowest BCUT2D eigenvalue weighted by molar-refractivity contribution is -0.138. The quantitative estimate of drug-likeness (QED) is 0.897. The van der Waals surface area contributed by atoms with Gasteiger partial charge in [0.05, 0.1) is 5.56 Å². The molecule has 1 aliphatic heterocycles. The van der Waals surface area contributed by atoms with Crippen LogP contribution in [-0.2, 0) is 12.7 Å². The van der Waals surface area contributed by atoms with Crippen LogP contribution in [0.15, 0.2) is 24.3 Å². The number of nitrogens with zero attached hydrogens (tertiary/aromatic N) is 1. The average molecular weight is 298 g/mol. The molecular formula is C16H21F3N2. The van der Waals surface area contributed by atoms with E-state index < -0.39 is 11.7 Å². The van der Waals surface area contributed by atoms with Crippen LogP contribution in [0, 0.1) is 5.92 Å². The van der Waals surface area contributed by atoms with Crippen LogP contribution in [0.3, 0.4) is 0 Å². The minimum absolute atomic E-state index is 0.367. The Hall–Kier alpha value is -1.07. The number of nitrogens with one attached hydrogen (secondary N) is 1. The summed E-state index contributed by atoms with van der Waals surface area (Å²) in [5, 5.41) is 3.31. The zero-order valence-corrected chi connectivity index (χ0v) is 12.0. The standard InChI is InChI=1S/C16H21F3N2/c17-16(18,19)15-4-2-1-3-13(15)11-21(10-12-5-6-12)14-7-8-20-9-14/h1-4,12,14,20H,5-11H2. The molecule has 1 aromatic carbocycles. The molecule has 0 aromatic heterocycles. The van der Waals surface area contributed by atoms with E-state index in [0.717, 1.165) is 26.1 Å². The summed E-state index contributed by atoms with van der Waals surface area (Å²) >= 11 is 0. The molecule has 1 saturated carbocycles. The molecule has 0 radical (unpaired) electrons. The summed E-state index contributed by atoms with van der Waals surface area (Å²) < 4.78 is 39.4. The van der Waals surface area contributed by atoms with Gasteiger partial charge >= 0.3 is 6.18 Å². The van der Waals surface area contributed by atoms with E-state index in [1.165, 1.54) is 25.0 Å². The Bertz CT molecular complexity index is 477. The van der Waals surface area contributed by atoms with Crippen molar-refractivity contribution in [2.24, 2.45) is 5.92 Å². The van der Waals surface area contributed by atoms with Gasteiger partial charge in [-0.1, -0.05) is 18.2 Å². The predicted molar refractivity (Wildman–Crippen MR) is 75.9 cm³/mol. The molecule has 1 aromatic rings. The van der Waals surface area contributed by atoms with Crippen molar-refractivity contribution in [2.75, 3.05) is 19.6 Å². The van der Waals surface area contributed by atoms with Crippen molar-refractivity contribution in [3.8, 4) is 0 Å². The van der Waals surface area contributed by atoms with Crippen LogP contribution >= 0.6 is 0 Å². The number of hydrogen-bond donors (Lipinski definition) is 1. The normalized spacial score (nSPS) is 23.0. The molecule has 116 valence electrons. The smallest absolute Gasteiger partial charge is 0.315 e. The molecule has 0 bridgehead atoms. The number of benzene rings is 1. The van der Waals surface area contributed by atoms with E-state index in [1.807, 2.05) is 0 Å². The highest BCUT2D eigenvalue weighted by Crippen LogP contribution is 2.35. The Morgan fingerprint density at radius 2 is 1.90 bits per heavy atom. The molecule has 2 aliphatic rings. The van der Waals surface area contributed by atoms with Crippen molar-refractivity contribution in [3.63, 3.8) is 0 Å². The molecule has 1 aliphatic carbocycles. The fourth-order valence-corrected chi connectivity index (χ4v) is 3.08. The molecule has 1 N–H and O–H groups in total. The van der Waals surface area contributed by atoms with Crippen molar-refractivity contribution in [1.29, 1.82) is 0 Å². The molecule has 1 unspecified atom stereocenters. The third-order valence-corrected chi connectivity index (χ3v) is 4.44. The molecule has 0 amide bonds. The van der Waals surface area contributed by atoms with E-state index in [4.69, 9.17) is 0 Å². The average Bonchev–Trinajstić information content (AvgIpc) is 3.08. The lowest BCUT2D eigenvalue weighted by Crippen LogP contribution is -2.38. The van der Waals surface area contributed by atoms with Crippen molar-refractivity contribution < 1.29 is 13.2 Å². The van der Waals surface area contributed by atoms with Crippen molar-refractivity contribution in [1.82, 2.24) is 10.2 Å². The van der Waals surface area contributed by atoms with E-state index in [9.17, 15) is 13.2 Å². The fourth-order valence-electron chi connectivity index (χ4n) is 3.08. The molecule has 1 saturated heterocycles. The molecule has 2 nitrogen and oxygen atoms in total. The van der Waals surface area contributed by atoms with Crippen LogP contribution in [0.5, 0.6) is 0 Å². The van der Waals surface area contributed by atoms with E-state index in [-0.39, 0.29) is 0 Å². The second kappa shape index (κ2) is 5.97. The zero-order valence-electron chi connectivity index (χ0n) is 12.0. The highest BCUT2D eigenvalue weighted by Gasteiger charge is 2.35. The van der Waals surface area contributed by atoms with Crippen LogP contribution in [0.1, 0.15) is 30.4 Å². The Balaban J connectivity index is 1.78. The summed E-state index contributed by atoms with van der Waals surface area (Å²) in [6.07, 6.45) is -0.800. The van der Waals surface area contributed by atoms with Gasteiger partial charge in [-0.2, -0.15) is 13.2 Å². The maximum absolute atomic E-state index is 13.1. The second-order valence-electron chi connectivity index (χ2n) is 6.17. The lowest BCUT2D eigenvalue weighted by Gasteiger charge is -2.29. The Morgan fingerprint density at radius 1 is 1.14 bits per heavy atom. The van der Waals surface area contributed by atoms with Gasteiger partial charge in [-0.15, -0.1) is 0 Å². The fraction of sp³-hybridized carbons (Fsp3) is 0.625. The van der Waals surface area contributed by atoms with Crippen LogP contribution in [0.4, 0.5) is 13.2 Å². The van der Waals surface area contributed by atoms with Gasteiger partial charge in [0.25, 0.3) is 0 Å². The van der Waals surface area contributed by atoms with Gasteiger partial charge in [0.2, 0.25) is 0 Å². The zero-order chi connectivity index (χ0) is 14.9. The number of alkyl halides is 3. The lowest BCUT2D eigenvalue weighted by atomic mass is 10.0. The maximum Gasteiger partial charge on any atom is 0.416 e. The van der Waals surface area contributed by atoms with Gasteiger partial charge in [-0.25, -0.2) is 0 Å². The first-order valence-corrected chi connectivity index (χ1v) is 7.64. The topological polar surface area (TPSA) is 15.3 Å². The summed E-state index contributed by atoms with van der Waals surface area (Å²) in [5.74, 6) is 0.684. The summed E-state index contributed by atoms with van der Waals surface area (Å²) in [7, 11) is 0. The monoisotopic (exact) mass is 298 g/mol. The van der Waals surface area contributed by atoms with Gasteiger partial charge in [0.15, 0.2) is 0 Å². The van der Waals surface area contributed by atoms with E-state index >= 15 is 0 Å². The minimum atomic E-state index is -4.27. The van der Waals surface area contributed by atoms with Crippen molar-refractivity contribution in [3.05, 3.63) is 35.4 Å². The summed E-state index contributed by atoms with van der Waals surface area (Å²) in [6.45, 7) is 3.19. The van der Waals surface area contributed by atoms with Gasteiger partial charge in [-0.05, 0) is 43.4 Å². The van der Waals surface area contributed by atoms with Gasteiger partial charge in [0.1, 0.15) is 0 Å². The van der Waals surface area contributed by atoms with Gasteiger partial charge in [-0.3, -0.25) is 4.90 Å². The Labute approximate surface area is 123 Å². The maximum atomic E-state index is 13.1. The Morgan fingerprint density at radius 3 is 2.52 bits per heavy atom. The molecule has 5 heteroatoms. The molecular weight excluding hydrogens is 277 g/mol. The molecule has 21 heavy (non-hydrogen) atoms. The second-order valence-corrected chi connectivity index (χ2v) is 6.17. The largest absolute Gasteiger partial charge is 0.416 e. The van der Waals surface area contributed by atoms with E-state index in [2.05, 4.69) is 10.2 Å².